The number of anilines is 2. The van der Waals surface area contributed by atoms with E-state index in [4.69, 9.17) is 18.9 Å². The maximum atomic E-state index is 13.1. The van der Waals surface area contributed by atoms with E-state index in [-0.39, 0.29) is 22.6 Å². The zero-order chi connectivity index (χ0) is 33.7. The topological polar surface area (TPSA) is 109 Å². The van der Waals surface area contributed by atoms with Gasteiger partial charge in [0.1, 0.15) is 30.3 Å². The molecular weight excluding hydrogens is 606 g/mol. The lowest BCUT2D eigenvalue weighted by atomic mass is 9.78. The summed E-state index contributed by atoms with van der Waals surface area (Å²) >= 11 is 0. The number of ether oxygens (including phenoxy) is 4. The Balaban J connectivity index is 1.33. The first kappa shape index (κ1) is 32.2. The second kappa shape index (κ2) is 13.9. The summed E-state index contributed by atoms with van der Waals surface area (Å²) in [5.74, 6) is 2.04. The second-order valence-corrected chi connectivity index (χ2v) is 11.7. The summed E-state index contributed by atoms with van der Waals surface area (Å²) < 4.78 is 22.8. The standard InChI is InChI=1S/C39H35N3O6/c1-39(2,25-8-6-5-7-9-25)26-10-13-28(14-11-26)48-29-15-16-33(30(21-29)31-20-27(43)12-17-35(31)44)42-38-32-22-36(46-4)37(47-19-18-45-3)23-34(32)40-24-41-38/h5-17,20-24H,18-19H2,1-4H3,(H,40,41,42). The van der Waals surface area contributed by atoms with E-state index in [1.54, 1.807) is 44.6 Å². The van der Waals surface area contributed by atoms with Crippen molar-refractivity contribution in [3.63, 3.8) is 0 Å². The third kappa shape index (κ3) is 6.82. The molecule has 0 aliphatic heterocycles. The minimum Gasteiger partial charge on any atom is -0.493 e. The Morgan fingerprint density at radius 2 is 1.52 bits per heavy atom. The number of rotatable bonds is 12. The number of hydrogen-bond donors (Lipinski definition) is 1. The number of nitrogens with one attached hydrogen (secondary N) is 1. The zero-order valence-corrected chi connectivity index (χ0v) is 27.2. The number of ketones is 2. The number of carbonyl (C=O) groups is 2. The van der Waals surface area contributed by atoms with Crippen molar-refractivity contribution in [2.75, 3.05) is 32.8 Å². The average Bonchev–Trinajstić information content (AvgIpc) is 3.10. The summed E-state index contributed by atoms with van der Waals surface area (Å²) in [6.07, 6.45) is 5.30. The summed E-state index contributed by atoms with van der Waals surface area (Å²) in [4.78, 5) is 34.4. The molecule has 0 saturated carbocycles. The van der Waals surface area contributed by atoms with Crippen LogP contribution in [-0.4, -0.2) is 49.0 Å². The molecule has 0 unspecified atom stereocenters. The predicted molar refractivity (Wildman–Crippen MR) is 185 cm³/mol. The molecular formula is C39H35N3O6. The highest BCUT2D eigenvalue weighted by Crippen LogP contribution is 2.38. The largest absolute Gasteiger partial charge is 0.493 e. The van der Waals surface area contributed by atoms with Gasteiger partial charge in [0.05, 0.1) is 19.2 Å². The summed E-state index contributed by atoms with van der Waals surface area (Å²) in [6, 6.07) is 27.2. The molecule has 0 amide bonds. The smallest absolute Gasteiger partial charge is 0.186 e. The fourth-order valence-corrected chi connectivity index (χ4v) is 5.53. The minimum atomic E-state index is -0.297. The molecule has 5 aromatic rings. The van der Waals surface area contributed by atoms with Crippen LogP contribution in [0, 0.1) is 0 Å². The third-order valence-corrected chi connectivity index (χ3v) is 8.26. The van der Waals surface area contributed by atoms with Crippen LogP contribution >= 0.6 is 0 Å². The lowest BCUT2D eigenvalue weighted by Crippen LogP contribution is -2.18. The highest BCUT2D eigenvalue weighted by molar-refractivity contribution is 6.34. The number of nitrogens with zero attached hydrogens (tertiary/aromatic N) is 2. The van der Waals surface area contributed by atoms with E-state index in [2.05, 4.69) is 53.4 Å². The number of methoxy groups -OCH3 is 2. The molecule has 1 aromatic heterocycles. The molecule has 48 heavy (non-hydrogen) atoms. The van der Waals surface area contributed by atoms with E-state index in [0.717, 1.165) is 5.56 Å². The summed E-state index contributed by atoms with van der Waals surface area (Å²) in [5.41, 5.74) is 4.05. The summed E-state index contributed by atoms with van der Waals surface area (Å²) in [6.45, 7) is 5.14. The third-order valence-electron chi connectivity index (χ3n) is 8.26. The maximum Gasteiger partial charge on any atom is 0.186 e. The summed E-state index contributed by atoms with van der Waals surface area (Å²) in [5, 5.41) is 4.02. The number of fused-ring (bicyclic) bond motifs is 1. The Morgan fingerprint density at radius 1 is 0.771 bits per heavy atom. The first-order valence-corrected chi connectivity index (χ1v) is 15.4. The predicted octanol–water partition coefficient (Wildman–Crippen LogP) is 7.62. The van der Waals surface area contributed by atoms with Crippen LogP contribution in [0.3, 0.4) is 0 Å². The van der Waals surface area contributed by atoms with Crippen LogP contribution in [0.25, 0.3) is 16.5 Å². The van der Waals surface area contributed by atoms with Gasteiger partial charge in [-0.1, -0.05) is 56.3 Å². The highest BCUT2D eigenvalue weighted by atomic mass is 16.5. The van der Waals surface area contributed by atoms with Gasteiger partial charge in [0.25, 0.3) is 0 Å². The van der Waals surface area contributed by atoms with E-state index in [1.165, 1.54) is 30.1 Å². The van der Waals surface area contributed by atoms with Crippen molar-refractivity contribution < 1.29 is 28.5 Å². The second-order valence-electron chi connectivity index (χ2n) is 11.7. The summed E-state index contributed by atoms with van der Waals surface area (Å²) in [7, 11) is 3.16. The van der Waals surface area contributed by atoms with Crippen LogP contribution in [0.15, 0.2) is 109 Å². The number of hydrogen-bond acceptors (Lipinski definition) is 9. The van der Waals surface area contributed by atoms with Gasteiger partial charge in [-0.15, -0.1) is 0 Å². The monoisotopic (exact) mass is 641 g/mol. The normalized spacial score (nSPS) is 13.0. The van der Waals surface area contributed by atoms with E-state index >= 15 is 0 Å². The van der Waals surface area contributed by atoms with Crippen LogP contribution in [0.4, 0.5) is 11.5 Å². The number of carbonyl (C=O) groups excluding carboxylic acids is 2. The Hall–Kier alpha value is -5.80. The molecule has 0 atom stereocenters. The SMILES string of the molecule is COCCOc1cc2ncnc(Nc3ccc(Oc4ccc(C(C)(C)c5ccccc5)cc4)cc3C3=CC(=O)C=CC3=O)c2cc1OC. The first-order chi connectivity index (χ1) is 23.3. The Kier molecular flexibility index (Phi) is 9.31. The van der Waals surface area contributed by atoms with Crippen molar-refractivity contribution in [3.05, 3.63) is 126 Å². The van der Waals surface area contributed by atoms with Gasteiger partial charge in [0.2, 0.25) is 0 Å². The first-order valence-electron chi connectivity index (χ1n) is 15.4. The van der Waals surface area contributed by atoms with Gasteiger partial charge in [-0.2, -0.15) is 0 Å². The zero-order valence-electron chi connectivity index (χ0n) is 27.2. The Bertz CT molecular complexity index is 2040. The quantitative estimate of drug-likeness (QED) is 0.109. The van der Waals surface area contributed by atoms with Crippen molar-refractivity contribution >= 4 is 39.5 Å². The molecule has 1 aliphatic carbocycles. The van der Waals surface area contributed by atoms with Gasteiger partial charge in [0, 0.05) is 40.8 Å². The van der Waals surface area contributed by atoms with E-state index in [9.17, 15) is 9.59 Å². The van der Waals surface area contributed by atoms with Gasteiger partial charge in [-0.3, -0.25) is 9.59 Å². The fraction of sp³-hybridized carbons (Fsp3) is 0.179. The van der Waals surface area contributed by atoms with Gasteiger partial charge in [0.15, 0.2) is 23.1 Å². The lowest BCUT2D eigenvalue weighted by Gasteiger charge is -2.26. The van der Waals surface area contributed by atoms with Crippen LogP contribution < -0.4 is 19.5 Å². The van der Waals surface area contributed by atoms with Gasteiger partial charge in [-0.25, -0.2) is 9.97 Å². The van der Waals surface area contributed by atoms with Gasteiger partial charge in [-0.05, 0) is 65.8 Å². The maximum absolute atomic E-state index is 13.1. The number of aromatic nitrogens is 2. The molecule has 0 fully saturated rings. The molecule has 9 nitrogen and oxygen atoms in total. The molecule has 0 spiro atoms. The molecule has 242 valence electrons. The average molecular weight is 642 g/mol. The van der Waals surface area contributed by atoms with E-state index in [1.807, 2.05) is 30.3 Å². The van der Waals surface area contributed by atoms with Gasteiger partial charge < -0.3 is 24.3 Å². The fourth-order valence-electron chi connectivity index (χ4n) is 5.53. The van der Waals surface area contributed by atoms with E-state index in [0.29, 0.717) is 64.2 Å². The number of allylic oxidation sites excluding steroid dienone is 4. The highest BCUT2D eigenvalue weighted by Gasteiger charge is 2.24. The molecule has 9 heteroatoms. The number of benzene rings is 4. The molecule has 1 aliphatic rings. The van der Waals surface area contributed by atoms with Crippen LogP contribution in [0.2, 0.25) is 0 Å². The Labute approximate surface area is 278 Å². The molecule has 0 saturated heterocycles. The van der Waals surface area contributed by atoms with Gasteiger partial charge >= 0.3 is 0 Å². The molecule has 1 heterocycles. The lowest BCUT2D eigenvalue weighted by molar-refractivity contribution is -0.113. The van der Waals surface area contributed by atoms with Crippen molar-refractivity contribution in [2.45, 2.75) is 19.3 Å². The minimum absolute atomic E-state index is 0.193. The molecule has 6 rings (SSSR count). The van der Waals surface area contributed by atoms with Crippen molar-refractivity contribution in [3.8, 4) is 23.0 Å². The van der Waals surface area contributed by atoms with Crippen molar-refractivity contribution in [2.24, 2.45) is 0 Å². The molecule has 1 N–H and O–H groups in total. The molecule has 0 bridgehead atoms. The Morgan fingerprint density at radius 3 is 2.27 bits per heavy atom. The van der Waals surface area contributed by atoms with Crippen LogP contribution in [0.5, 0.6) is 23.0 Å². The van der Waals surface area contributed by atoms with Crippen LogP contribution in [0.1, 0.15) is 30.5 Å². The van der Waals surface area contributed by atoms with E-state index < -0.39 is 0 Å². The van der Waals surface area contributed by atoms with Crippen molar-refractivity contribution in [1.82, 2.24) is 9.97 Å². The molecule has 4 aromatic carbocycles. The molecule has 0 radical (unpaired) electrons. The van der Waals surface area contributed by atoms with Crippen molar-refractivity contribution in [1.29, 1.82) is 0 Å². The van der Waals surface area contributed by atoms with Crippen LogP contribution in [-0.2, 0) is 19.7 Å².